The van der Waals surface area contributed by atoms with Crippen LogP contribution in [0.5, 0.6) is 0 Å². The van der Waals surface area contributed by atoms with E-state index < -0.39 is 12.2 Å². The van der Waals surface area contributed by atoms with Crippen molar-refractivity contribution in [3.63, 3.8) is 0 Å². The average Bonchev–Trinajstić information content (AvgIpc) is 2.33. The predicted octanol–water partition coefficient (Wildman–Crippen LogP) is 2.81. The molecule has 0 aromatic heterocycles. The van der Waals surface area contributed by atoms with Crippen molar-refractivity contribution in [1.29, 1.82) is 0 Å². The van der Waals surface area contributed by atoms with E-state index in [0.29, 0.717) is 37.3 Å². The summed E-state index contributed by atoms with van der Waals surface area (Å²) < 4.78 is 40.3. The third-order valence-corrected chi connectivity index (χ3v) is 3.56. The molecule has 1 aliphatic rings. The summed E-state index contributed by atoms with van der Waals surface area (Å²) in [5.41, 5.74) is 1.95. The molecule has 106 valence electrons. The van der Waals surface area contributed by atoms with Gasteiger partial charge in [0.2, 0.25) is 0 Å². The van der Waals surface area contributed by atoms with Crippen molar-refractivity contribution in [3.8, 4) is 0 Å². The number of alkyl halides is 3. The molecule has 2 rings (SSSR count). The molecule has 1 aromatic carbocycles. The molecule has 1 saturated heterocycles. The molecule has 1 fully saturated rings. The highest BCUT2D eigenvalue weighted by molar-refractivity contribution is 5.34. The summed E-state index contributed by atoms with van der Waals surface area (Å²) in [4.78, 5) is 1.53. The lowest BCUT2D eigenvalue weighted by atomic mass is 9.97. The minimum absolute atomic E-state index is 0.384. The molecule has 0 unspecified atom stereocenters. The zero-order valence-corrected chi connectivity index (χ0v) is 11.2. The zero-order chi connectivity index (χ0) is 14.0. The van der Waals surface area contributed by atoms with Crippen LogP contribution in [0.1, 0.15) is 22.7 Å². The smallest absolute Gasteiger partial charge is 0.314 e. The maximum Gasteiger partial charge on any atom is 0.408 e. The van der Waals surface area contributed by atoms with Gasteiger partial charge >= 0.3 is 6.18 Å². The van der Waals surface area contributed by atoms with Gasteiger partial charge in [0, 0.05) is 26.2 Å². The Morgan fingerprint density at radius 1 is 1.16 bits per heavy atom. The van der Waals surface area contributed by atoms with Crippen molar-refractivity contribution >= 4 is 0 Å². The van der Waals surface area contributed by atoms with Gasteiger partial charge in [-0.15, -0.1) is 0 Å². The number of aryl methyl sites for hydroxylation is 2. The van der Waals surface area contributed by atoms with Gasteiger partial charge in [0.15, 0.2) is 0 Å². The van der Waals surface area contributed by atoms with Crippen LogP contribution in [0.15, 0.2) is 18.2 Å². The normalized spacial score (nSPS) is 19.4. The summed E-state index contributed by atoms with van der Waals surface area (Å²) in [5, 5.41) is 3.09. The average molecular weight is 272 g/mol. The van der Waals surface area contributed by atoms with Gasteiger partial charge in [0.25, 0.3) is 0 Å². The number of rotatable bonds is 2. The van der Waals surface area contributed by atoms with Gasteiger partial charge in [-0.1, -0.05) is 23.8 Å². The number of nitrogens with zero attached hydrogens (tertiary/aromatic N) is 1. The molecule has 0 bridgehead atoms. The second-order valence-electron chi connectivity index (χ2n) is 5.09. The first-order valence-corrected chi connectivity index (χ1v) is 6.48. The van der Waals surface area contributed by atoms with Gasteiger partial charge in [-0.2, -0.15) is 13.2 Å². The van der Waals surface area contributed by atoms with Crippen LogP contribution in [0.2, 0.25) is 0 Å². The maximum atomic E-state index is 13.4. The SMILES string of the molecule is Cc1ccc(C)c([C@H](N2CCNCC2)C(F)(F)F)c1. The molecule has 1 heterocycles. The summed E-state index contributed by atoms with van der Waals surface area (Å²) in [6, 6.07) is 3.79. The van der Waals surface area contributed by atoms with Crippen molar-refractivity contribution in [2.75, 3.05) is 26.2 Å². The minimum Gasteiger partial charge on any atom is -0.314 e. The fourth-order valence-corrected chi connectivity index (χ4v) is 2.57. The number of halogens is 3. The van der Waals surface area contributed by atoms with Gasteiger partial charge < -0.3 is 5.32 Å². The largest absolute Gasteiger partial charge is 0.408 e. The third-order valence-electron chi connectivity index (χ3n) is 3.56. The zero-order valence-electron chi connectivity index (χ0n) is 11.2. The highest BCUT2D eigenvalue weighted by atomic mass is 19.4. The van der Waals surface area contributed by atoms with Crippen LogP contribution in [-0.4, -0.2) is 37.3 Å². The van der Waals surface area contributed by atoms with Gasteiger partial charge in [0.1, 0.15) is 6.04 Å². The molecule has 0 amide bonds. The Morgan fingerprint density at radius 3 is 2.37 bits per heavy atom. The molecule has 0 radical (unpaired) electrons. The van der Waals surface area contributed by atoms with Crippen LogP contribution >= 0.6 is 0 Å². The number of piperazine rings is 1. The highest BCUT2D eigenvalue weighted by Gasteiger charge is 2.45. The molecule has 2 nitrogen and oxygen atoms in total. The second-order valence-corrected chi connectivity index (χ2v) is 5.09. The Labute approximate surface area is 111 Å². The van der Waals surface area contributed by atoms with Gasteiger partial charge in [0.05, 0.1) is 0 Å². The van der Waals surface area contributed by atoms with Gasteiger partial charge in [-0.25, -0.2) is 0 Å². The van der Waals surface area contributed by atoms with Crippen LogP contribution in [0, 0.1) is 13.8 Å². The first kappa shape index (κ1) is 14.3. The van der Waals surface area contributed by atoms with E-state index in [0.717, 1.165) is 5.56 Å². The Bertz CT molecular complexity index is 437. The molecule has 0 saturated carbocycles. The fraction of sp³-hybridized carbons (Fsp3) is 0.571. The second kappa shape index (κ2) is 5.51. The molecular formula is C14H19F3N2. The van der Waals surface area contributed by atoms with Crippen LogP contribution in [0.3, 0.4) is 0 Å². The number of nitrogens with one attached hydrogen (secondary N) is 1. The van der Waals surface area contributed by atoms with Gasteiger partial charge in [-0.3, -0.25) is 4.90 Å². The first-order chi connectivity index (χ1) is 8.89. The number of hydrogen-bond donors (Lipinski definition) is 1. The van der Waals surface area contributed by atoms with E-state index in [-0.39, 0.29) is 0 Å². The first-order valence-electron chi connectivity index (χ1n) is 6.48. The Kier molecular flexibility index (Phi) is 4.16. The van der Waals surface area contributed by atoms with E-state index in [1.54, 1.807) is 19.1 Å². The van der Waals surface area contributed by atoms with Crippen molar-refractivity contribution in [2.45, 2.75) is 26.1 Å². The standard InChI is InChI=1S/C14H19F3N2/c1-10-3-4-11(2)12(9-10)13(14(15,16)17)19-7-5-18-6-8-19/h3-4,9,13,18H,5-8H2,1-2H3/t13-/m0/s1. The lowest BCUT2D eigenvalue weighted by Crippen LogP contribution is -2.49. The molecule has 1 atom stereocenters. The summed E-state index contributed by atoms with van der Waals surface area (Å²) in [5.74, 6) is 0. The number of benzene rings is 1. The van der Waals surface area contributed by atoms with E-state index in [4.69, 9.17) is 0 Å². The highest BCUT2D eigenvalue weighted by Crippen LogP contribution is 2.39. The summed E-state index contributed by atoms with van der Waals surface area (Å²) in [6.07, 6.45) is -4.24. The van der Waals surface area contributed by atoms with Crippen molar-refractivity contribution in [3.05, 3.63) is 34.9 Å². The Hall–Kier alpha value is -1.07. The molecule has 0 spiro atoms. The minimum atomic E-state index is -4.24. The topological polar surface area (TPSA) is 15.3 Å². The Balaban J connectivity index is 2.39. The molecule has 0 aliphatic carbocycles. The summed E-state index contributed by atoms with van der Waals surface area (Å²) in [7, 11) is 0. The van der Waals surface area contributed by atoms with Gasteiger partial charge in [-0.05, 0) is 25.0 Å². The van der Waals surface area contributed by atoms with Crippen molar-refractivity contribution in [1.82, 2.24) is 10.2 Å². The predicted molar refractivity (Wildman–Crippen MR) is 69.2 cm³/mol. The molecule has 19 heavy (non-hydrogen) atoms. The molecule has 5 heteroatoms. The lowest BCUT2D eigenvalue weighted by molar-refractivity contribution is -0.188. The summed E-state index contributed by atoms with van der Waals surface area (Å²) >= 11 is 0. The maximum absolute atomic E-state index is 13.4. The Morgan fingerprint density at radius 2 is 1.79 bits per heavy atom. The molecule has 1 aliphatic heterocycles. The van der Waals surface area contributed by atoms with Crippen LogP contribution in [-0.2, 0) is 0 Å². The van der Waals surface area contributed by atoms with E-state index in [1.807, 2.05) is 13.0 Å². The van der Waals surface area contributed by atoms with Crippen LogP contribution in [0.25, 0.3) is 0 Å². The van der Waals surface area contributed by atoms with E-state index in [2.05, 4.69) is 5.32 Å². The van der Waals surface area contributed by atoms with Crippen molar-refractivity contribution < 1.29 is 13.2 Å². The molecule has 1 aromatic rings. The lowest BCUT2D eigenvalue weighted by Gasteiger charge is -2.37. The monoisotopic (exact) mass is 272 g/mol. The third kappa shape index (κ3) is 3.28. The van der Waals surface area contributed by atoms with E-state index in [1.165, 1.54) is 4.90 Å². The summed E-state index contributed by atoms with van der Waals surface area (Å²) in [6.45, 7) is 5.65. The fourth-order valence-electron chi connectivity index (χ4n) is 2.57. The molecular weight excluding hydrogens is 253 g/mol. The van der Waals surface area contributed by atoms with Crippen LogP contribution < -0.4 is 5.32 Å². The van der Waals surface area contributed by atoms with E-state index >= 15 is 0 Å². The molecule has 1 N–H and O–H groups in total. The number of hydrogen-bond acceptors (Lipinski definition) is 2. The van der Waals surface area contributed by atoms with Crippen molar-refractivity contribution in [2.24, 2.45) is 0 Å². The van der Waals surface area contributed by atoms with Crippen LogP contribution in [0.4, 0.5) is 13.2 Å². The quantitative estimate of drug-likeness (QED) is 0.890. The van der Waals surface area contributed by atoms with E-state index in [9.17, 15) is 13.2 Å².